The standard InChI is InChI=1S/C36H52O6/c1-4-7-10-13-16-18-20-23-25-28-34(37)40-31-33(42-36(39)30-27-22-15-12-9-6-3)32-41-35(38)29-26-24-21-19-17-14-11-8-5-2/h7-12,16-19,22-27,33H,4-6,13-15,20-21,28-32H2,1-3H3/b10-7-,11-8-,12-9-,18-16-,19-17-,25-23-,26-24-,27-22-. The van der Waals surface area contributed by atoms with Gasteiger partial charge in [-0.25, -0.2) is 0 Å². The Bertz CT molecular complexity index is 890. The highest BCUT2D eigenvalue weighted by atomic mass is 16.6. The van der Waals surface area contributed by atoms with Gasteiger partial charge in [-0.15, -0.1) is 0 Å². The molecule has 0 aliphatic rings. The van der Waals surface area contributed by atoms with Gasteiger partial charge in [0.05, 0.1) is 19.3 Å². The second-order valence-electron chi connectivity index (χ2n) is 9.26. The highest BCUT2D eigenvalue weighted by Crippen LogP contribution is 2.04. The van der Waals surface area contributed by atoms with Crippen molar-refractivity contribution in [2.45, 2.75) is 97.5 Å². The van der Waals surface area contributed by atoms with Crippen molar-refractivity contribution in [3.8, 4) is 0 Å². The minimum atomic E-state index is -0.884. The number of hydrogen-bond acceptors (Lipinski definition) is 6. The summed E-state index contributed by atoms with van der Waals surface area (Å²) >= 11 is 0. The predicted molar refractivity (Wildman–Crippen MR) is 173 cm³/mol. The molecule has 0 saturated carbocycles. The molecule has 0 heterocycles. The Morgan fingerprint density at radius 1 is 0.429 bits per heavy atom. The lowest BCUT2D eigenvalue weighted by Gasteiger charge is -2.17. The van der Waals surface area contributed by atoms with E-state index in [9.17, 15) is 14.4 Å². The molecule has 0 spiro atoms. The third-order valence-electron chi connectivity index (χ3n) is 5.41. The fourth-order valence-corrected chi connectivity index (χ4v) is 3.23. The summed E-state index contributed by atoms with van der Waals surface area (Å²) in [5.41, 5.74) is 0. The van der Waals surface area contributed by atoms with Crippen molar-refractivity contribution in [3.05, 3.63) is 97.2 Å². The van der Waals surface area contributed by atoms with E-state index >= 15 is 0 Å². The second kappa shape index (κ2) is 30.3. The zero-order chi connectivity index (χ0) is 30.9. The summed E-state index contributed by atoms with van der Waals surface area (Å²) in [5.74, 6) is -1.38. The first-order valence-electron chi connectivity index (χ1n) is 15.2. The number of ether oxygens (including phenoxy) is 3. The van der Waals surface area contributed by atoms with Crippen molar-refractivity contribution in [1.29, 1.82) is 0 Å². The van der Waals surface area contributed by atoms with E-state index in [-0.39, 0.29) is 32.5 Å². The maximum atomic E-state index is 12.3. The van der Waals surface area contributed by atoms with Gasteiger partial charge in [-0.2, -0.15) is 0 Å². The molecule has 0 fully saturated rings. The van der Waals surface area contributed by atoms with E-state index in [1.165, 1.54) is 0 Å². The van der Waals surface area contributed by atoms with Gasteiger partial charge in [-0.1, -0.05) is 118 Å². The summed E-state index contributed by atoms with van der Waals surface area (Å²) in [6, 6.07) is 0. The van der Waals surface area contributed by atoms with E-state index in [0.717, 1.165) is 51.4 Å². The molecule has 0 aliphatic carbocycles. The van der Waals surface area contributed by atoms with Gasteiger partial charge in [0.2, 0.25) is 0 Å². The minimum absolute atomic E-state index is 0.0767. The lowest BCUT2D eigenvalue weighted by Crippen LogP contribution is -2.30. The van der Waals surface area contributed by atoms with E-state index in [1.54, 1.807) is 18.2 Å². The highest BCUT2D eigenvalue weighted by Gasteiger charge is 2.18. The molecule has 42 heavy (non-hydrogen) atoms. The van der Waals surface area contributed by atoms with Gasteiger partial charge in [-0.05, 0) is 51.4 Å². The third-order valence-corrected chi connectivity index (χ3v) is 5.41. The SMILES string of the molecule is CC/C=C\C/C=C\C/C=C\CC(=O)OCC(COC(=O)C/C=C\C/C=C\C/C=C\CC)OC(=O)C/C=C\C/C=C\CC. The first kappa shape index (κ1) is 38.3. The summed E-state index contributed by atoms with van der Waals surface area (Å²) in [5, 5.41) is 0. The molecule has 0 atom stereocenters. The average Bonchev–Trinajstić information content (AvgIpc) is 2.98. The molecular formula is C36H52O6. The van der Waals surface area contributed by atoms with Gasteiger partial charge in [0.25, 0.3) is 0 Å². The van der Waals surface area contributed by atoms with Gasteiger partial charge in [0.1, 0.15) is 13.2 Å². The van der Waals surface area contributed by atoms with Crippen LogP contribution in [-0.4, -0.2) is 37.2 Å². The summed E-state index contributed by atoms with van der Waals surface area (Å²) in [7, 11) is 0. The number of carbonyl (C=O) groups is 3. The third kappa shape index (κ3) is 27.9. The molecule has 6 nitrogen and oxygen atoms in total. The van der Waals surface area contributed by atoms with Crippen molar-refractivity contribution in [2.24, 2.45) is 0 Å². The summed E-state index contributed by atoms with van der Waals surface area (Å²) in [6.45, 7) is 5.87. The zero-order valence-electron chi connectivity index (χ0n) is 26.0. The number of rotatable bonds is 24. The van der Waals surface area contributed by atoms with Crippen LogP contribution in [0.2, 0.25) is 0 Å². The Morgan fingerprint density at radius 3 is 1.05 bits per heavy atom. The molecule has 0 aromatic carbocycles. The van der Waals surface area contributed by atoms with Gasteiger partial charge in [0, 0.05) is 0 Å². The fourth-order valence-electron chi connectivity index (χ4n) is 3.23. The van der Waals surface area contributed by atoms with Crippen LogP contribution >= 0.6 is 0 Å². The van der Waals surface area contributed by atoms with Crippen LogP contribution in [0.3, 0.4) is 0 Å². The lowest BCUT2D eigenvalue weighted by atomic mass is 10.2. The van der Waals surface area contributed by atoms with Gasteiger partial charge < -0.3 is 14.2 Å². The number of allylic oxidation sites excluding steroid dienone is 13. The normalized spacial score (nSPS) is 12.7. The van der Waals surface area contributed by atoms with Crippen molar-refractivity contribution in [2.75, 3.05) is 13.2 Å². The molecule has 0 bridgehead atoms. The zero-order valence-corrected chi connectivity index (χ0v) is 26.0. The Kier molecular flexibility index (Phi) is 27.6. The summed E-state index contributed by atoms with van der Waals surface area (Å²) in [4.78, 5) is 36.7. The van der Waals surface area contributed by atoms with Crippen molar-refractivity contribution in [3.63, 3.8) is 0 Å². The molecular weight excluding hydrogens is 528 g/mol. The van der Waals surface area contributed by atoms with E-state index in [4.69, 9.17) is 14.2 Å². The first-order valence-corrected chi connectivity index (χ1v) is 15.2. The summed E-state index contributed by atoms with van der Waals surface area (Å²) < 4.78 is 16.0. The highest BCUT2D eigenvalue weighted by molar-refractivity contribution is 5.73. The van der Waals surface area contributed by atoms with Gasteiger partial charge in [-0.3, -0.25) is 14.4 Å². The fraction of sp³-hybridized carbons (Fsp3) is 0.472. The van der Waals surface area contributed by atoms with Crippen LogP contribution in [0, 0.1) is 0 Å². The smallest absolute Gasteiger partial charge is 0.310 e. The topological polar surface area (TPSA) is 78.9 Å². The summed E-state index contributed by atoms with van der Waals surface area (Å²) in [6.07, 6.45) is 38.1. The maximum Gasteiger partial charge on any atom is 0.310 e. The Hall–Kier alpha value is -3.67. The molecule has 0 saturated heterocycles. The average molecular weight is 581 g/mol. The molecule has 0 amide bonds. The second-order valence-corrected chi connectivity index (χ2v) is 9.26. The number of esters is 3. The van der Waals surface area contributed by atoms with Gasteiger partial charge in [0.15, 0.2) is 6.10 Å². The van der Waals surface area contributed by atoms with Crippen molar-refractivity contribution < 1.29 is 28.6 Å². The maximum absolute atomic E-state index is 12.3. The van der Waals surface area contributed by atoms with Crippen LogP contribution in [0.1, 0.15) is 91.4 Å². The molecule has 232 valence electrons. The first-order chi connectivity index (χ1) is 20.5. The Balaban J connectivity index is 4.69. The number of hydrogen-bond donors (Lipinski definition) is 0. The molecule has 0 N–H and O–H groups in total. The van der Waals surface area contributed by atoms with Crippen LogP contribution in [0.25, 0.3) is 0 Å². The van der Waals surface area contributed by atoms with E-state index in [0.29, 0.717) is 0 Å². The molecule has 0 unspecified atom stereocenters. The van der Waals surface area contributed by atoms with Crippen molar-refractivity contribution >= 4 is 17.9 Å². The van der Waals surface area contributed by atoms with Crippen LogP contribution in [-0.2, 0) is 28.6 Å². The largest absolute Gasteiger partial charge is 0.461 e. The minimum Gasteiger partial charge on any atom is -0.461 e. The molecule has 0 aromatic rings. The molecule has 0 aromatic heterocycles. The van der Waals surface area contributed by atoms with E-state index < -0.39 is 24.0 Å². The van der Waals surface area contributed by atoms with E-state index in [2.05, 4.69) is 63.3 Å². The number of carbonyl (C=O) groups excluding carboxylic acids is 3. The van der Waals surface area contributed by atoms with Crippen LogP contribution in [0.15, 0.2) is 97.2 Å². The van der Waals surface area contributed by atoms with Crippen molar-refractivity contribution in [1.82, 2.24) is 0 Å². The lowest BCUT2D eigenvalue weighted by molar-refractivity contribution is -0.165. The Morgan fingerprint density at radius 2 is 0.714 bits per heavy atom. The monoisotopic (exact) mass is 580 g/mol. The molecule has 0 rings (SSSR count). The Labute approximate surface area is 254 Å². The van der Waals surface area contributed by atoms with Crippen LogP contribution < -0.4 is 0 Å². The van der Waals surface area contributed by atoms with Gasteiger partial charge >= 0.3 is 17.9 Å². The van der Waals surface area contributed by atoms with E-state index in [1.807, 2.05) is 36.5 Å². The van der Waals surface area contributed by atoms with Crippen LogP contribution in [0.4, 0.5) is 0 Å². The molecule has 6 heteroatoms. The quantitative estimate of drug-likeness (QED) is 0.0645. The predicted octanol–water partition coefficient (Wildman–Crippen LogP) is 8.79. The molecule has 0 radical (unpaired) electrons. The van der Waals surface area contributed by atoms with Crippen LogP contribution in [0.5, 0.6) is 0 Å². The molecule has 0 aliphatic heterocycles.